The van der Waals surface area contributed by atoms with Crippen LogP contribution in [0.4, 0.5) is 14.7 Å². The lowest BCUT2D eigenvalue weighted by atomic mass is 10.1. The Hall–Kier alpha value is -2.37. The third-order valence-electron chi connectivity index (χ3n) is 2.94. The summed E-state index contributed by atoms with van der Waals surface area (Å²) in [5.41, 5.74) is 0.696. The Balaban J connectivity index is 1.45. The molecule has 1 aromatic carbocycles. The smallest absolute Gasteiger partial charge is 0.236 e. The second-order valence-corrected chi connectivity index (χ2v) is 7.99. The second kappa shape index (κ2) is 8.83. The number of nitrogens with one attached hydrogen (secondary N) is 2. The normalized spacial score (nSPS) is 10.5. The van der Waals surface area contributed by atoms with E-state index in [1.54, 1.807) is 23.7 Å². The average Bonchev–Trinajstić information content (AvgIpc) is 3.27. The predicted octanol–water partition coefficient (Wildman–Crippen LogP) is 3.05. The summed E-state index contributed by atoms with van der Waals surface area (Å²) in [6.45, 7) is 0. The summed E-state index contributed by atoms with van der Waals surface area (Å²) >= 11 is 3.74. The third-order valence-corrected chi connectivity index (χ3v) is 5.60. The first-order valence-electron chi connectivity index (χ1n) is 7.28. The lowest BCUT2D eigenvalue weighted by Gasteiger charge is -2.01. The summed E-state index contributed by atoms with van der Waals surface area (Å²) in [6.07, 6.45) is 1.72. The molecule has 0 aliphatic rings. The minimum atomic E-state index is -0.348. The number of hydrogen-bond acceptors (Lipinski definition) is 8. The number of thioether (sulfide) groups is 1. The highest BCUT2D eigenvalue weighted by Crippen LogP contribution is 2.25. The Kier molecular flexibility index (Phi) is 6.26. The van der Waals surface area contributed by atoms with Crippen LogP contribution in [0.1, 0.15) is 5.56 Å². The van der Waals surface area contributed by atoms with Crippen molar-refractivity contribution in [2.45, 2.75) is 10.8 Å². The van der Waals surface area contributed by atoms with Gasteiger partial charge in [-0.25, -0.2) is 9.37 Å². The maximum atomic E-state index is 12.9. The van der Waals surface area contributed by atoms with E-state index >= 15 is 0 Å². The highest BCUT2D eigenvalue weighted by molar-refractivity contribution is 8.01. The van der Waals surface area contributed by atoms with Gasteiger partial charge in [-0.1, -0.05) is 35.2 Å². The van der Waals surface area contributed by atoms with Gasteiger partial charge in [-0.2, -0.15) is 0 Å². The van der Waals surface area contributed by atoms with Crippen molar-refractivity contribution in [2.24, 2.45) is 0 Å². The number of anilines is 2. The Morgan fingerprint density at radius 3 is 2.58 bits per heavy atom. The SMILES string of the molecule is O=C(CSc1nnc(NC(=O)Cc2ccc(F)cc2)s1)Nc1nccs1. The van der Waals surface area contributed by atoms with E-state index in [-0.39, 0.29) is 29.8 Å². The minimum Gasteiger partial charge on any atom is -0.301 e. The molecule has 2 aromatic heterocycles. The molecule has 0 aliphatic carbocycles. The molecule has 0 fully saturated rings. The van der Waals surface area contributed by atoms with Crippen LogP contribution in [0, 0.1) is 5.82 Å². The van der Waals surface area contributed by atoms with Gasteiger partial charge in [0.1, 0.15) is 5.82 Å². The number of aromatic nitrogens is 3. The molecule has 2 heterocycles. The Morgan fingerprint density at radius 1 is 1.08 bits per heavy atom. The first-order chi connectivity index (χ1) is 12.6. The summed E-state index contributed by atoms with van der Waals surface area (Å²) in [6, 6.07) is 5.72. The maximum Gasteiger partial charge on any atom is 0.236 e. The predicted molar refractivity (Wildman–Crippen MR) is 100 cm³/mol. The monoisotopic (exact) mass is 409 g/mol. The zero-order chi connectivity index (χ0) is 18.4. The molecule has 0 saturated heterocycles. The van der Waals surface area contributed by atoms with Crippen LogP contribution in [0.5, 0.6) is 0 Å². The number of hydrogen-bond donors (Lipinski definition) is 2. The maximum absolute atomic E-state index is 12.9. The highest BCUT2D eigenvalue weighted by Gasteiger charge is 2.11. The summed E-state index contributed by atoms with van der Waals surface area (Å²) in [5.74, 6) is -0.649. The summed E-state index contributed by atoms with van der Waals surface area (Å²) in [7, 11) is 0. The van der Waals surface area contributed by atoms with Crippen LogP contribution in [-0.2, 0) is 16.0 Å². The first kappa shape index (κ1) is 18.4. The van der Waals surface area contributed by atoms with Crippen molar-refractivity contribution >= 4 is 56.5 Å². The molecular weight excluding hydrogens is 397 g/mol. The van der Waals surface area contributed by atoms with Gasteiger partial charge in [0.15, 0.2) is 9.47 Å². The third kappa shape index (κ3) is 5.58. The van der Waals surface area contributed by atoms with E-state index in [1.807, 2.05) is 0 Å². The number of thiazole rings is 1. The number of amides is 2. The van der Waals surface area contributed by atoms with Crippen LogP contribution in [-0.4, -0.2) is 32.7 Å². The molecule has 0 atom stereocenters. The van der Waals surface area contributed by atoms with E-state index in [4.69, 9.17) is 0 Å². The Bertz CT molecular complexity index is 883. The number of carbonyl (C=O) groups is 2. The van der Waals surface area contributed by atoms with Gasteiger partial charge in [-0.15, -0.1) is 21.5 Å². The van der Waals surface area contributed by atoms with Crippen molar-refractivity contribution in [3.63, 3.8) is 0 Å². The lowest BCUT2D eigenvalue weighted by molar-refractivity contribution is -0.115. The van der Waals surface area contributed by atoms with Crippen LogP contribution >= 0.6 is 34.4 Å². The van der Waals surface area contributed by atoms with Gasteiger partial charge < -0.3 is 10.6 Å². The molecule has 0 spiro atoms. The van der Waals surface area contributed by atoms with Crippen molar-refractivity contribution in [1.82, 2.24) is 15.2 Å². The van der Waals surface area contributed by atoms with Crippen molar-refractivity contribution in [1.29, 1.82) is 0 Å². The number of rotatable bonds is 7. The van der Waals surface area contributed by atoms with Gasteiger partial charge in [0.2, 0.25) is 16.9 Å². The molecule has 26 heavy (non-hydrogen) atoms. The van der Waals surface area contributed by atoms with Crippen LogP contribution in [0.3, 0.4) is 0 Å². The van der Waals surface area contributed by atoms with Crippen LogP contribution in [0.25, 0.3) is 0 Å². The van der Waals surface area contributed by atoms with E-state index < -0.39 is 0 Å². The number of benzene rings is 1. The number of carbonyl (C=O) groups excluding carboxylic acids is 2. The zero-order valence-corrected chi connectivity index (χ0v) is 15.6. The fraction of sp³-hybridized carbons (Fsp3) is 0.133. The molecule has 0 radical (unpaired) electrons. The summed E-state index contributed by atoms with van der Waals surface area (Å²) < 4.78 is 13.4. The molecule has 0 unspecified atom stereocenters. The average molecular weight is 409 g/mol. The van der Waals surface area contributed by atoms with Gasteiger partial charge in [-0.3, -0.25) is 9.59 Å². The molecule has 134 valence electrons. The quantitative estimate of drug-likeness (QED) is 0.460. The second-order valence-electron chi connectivity index (χ2n) is 4.90. The Labute approximate surface area is 160 Å². The van der Waals surface area contributed by atoms with E-state index in [2.05, 4.69) is 25.8 Å². The number of halogens is 1. The number of nitrogens with zero attached hydrogens (tertiary/aromatic N) is 3. The van der Waals surface area contributed by atoms with Crippen molar-refractivity contribution in [3.05, 3.63) is 47.2 Å². The van der Waals surface area contributed by atoms with Gasteiger partial charge in [0.25, 0.3) is 0 Å². The highest BCUT2D eigenvalue weighted by atomic mass is 32.2. The zero-order valence-electron chi connectivity index (χ0n) is 13.1. The molecule has 0 bridgehead atoms. The molecule has 3 aromatic rings. The van der Waals surface area contributed by atoms with Gasteiger partial charge in [0.05, 0.1) is 12.2 Å². The molecule has 2 N–H and O–H groups in total. The van der Waals surface area contributed by atoms with Gasteiger partial charge in [0, 0.05) is 11.6 Å². The largest absolute Gasteiger partial charge is 0.301 e. The molecule has 2 amide bonds. The van der Waals surface area contributed by atoms with E-state index in [9.17, 15) is 14.0 Å². The van der Waals surface area contributed by atoms with E-state index in [0.717, 1.165) is 0 Å². The van der Waals surface area contributed by atoms with Crippen LogP contribution in [0.2, 0.25) is 0 Å². The van der Waals surface area contributed by atoms with Gasteiger partial charge >= 0.3 is 0 Å². The minimum absolute atomic E-state index is 0.110. The van der Waals surface area contributed by atoms with Crippen LogP contribution < -0.4 is 10.6 Å². The summed E-state index contributed by atoms with van der Waals surface area (Å²) in [4.78, 5) is 27.7. The molecule has 0 saturated carbocycles. The fourth-order valence-corrected chi connectivity index (χ4v) is 3.95. The lowest BCUT2D eigenvalue weighted by Crippen LogP contribution is -2.14. The van der Waals surface area contributed by atoms with Crippen molar-refractivity contribution < 1.29 is 14.0 Å². The summed E-state index contributed by atoms with van der Waals surface area (Å²) in [5, 5.41) is 15.8. The molecular formula is C15H12FN5O2S3. The van der Waals surface area contributed by atoms with E-state index in [1.165, 1.54) is 46.6 Å². The Morgan fingerprint density at radius 2 is 1.85 bits per heavy atom. The van der Waals surface area contributed by atoms with Gasteiger partial charge in [-0.05, 0) is 17.7 Å². The molecule has 0 aliphatic heterocycles. The standard InChI is InChI=1S/C15H12FN5O2S3/c16-10-3-1-9(2-4-10)7-11(22)18-14-20-21-15(26-14)25-8-12(23)19-13-17-5-6-24-13/h1-6H,7-8H2,(H,17,19,23)(H,18,20,22). The van der Waals surface area contributed by atoms with Crippen molar-refractivity contribution in [2.75, 3.05) is 16.4 Å². The fourth-order valence-electron chi connectivity index (χ4n) is 1.84. The van der Waals surface area contributed by atoms with Crippen molar-refractivity contribution in [3.8, 4) is 0 Å². The molecule has 3 rings (SSSR count). The molecule has 11 heteroatoms. The first-order valence-corrected chi connectivity index (χ1v) is 9.96. The topological polar surface area (TPSA) is 96.9 Å². The molecule has 7 nitrogen and oxygen atoms in total. The van der Waals surface area contributed by atoms with E-state index in [0.29, 0.717) is 20.2 Å². The van der Waals surface area contributed by atoms with Crippen LogP contribution in [0.15, 0.2) is 40.2 Å².